The highest BCUT2D eigenvalue weighted by Crippen LogP contribution is 2.47. The van der Waals surface area contributed by atoms with Gasteiger partial charge in [-0.25, -0.2) is 0 Å². The van der Waals surface area contributed by atoms with Crippen molar-refractivity contribution in [1.82, 2.24) is 14.7 Å². The second-order valence-corrected chi connectivity index (χ2v) is 15.5. The number of likely N-dealkylation sites (N-methyl/N-ethyl adjacent to an activating group) is 1. The van der Waals surface area contributed by atoms with Gasteiger partial charge in [0.1, 0.15) is 17.5 Å². The van der Waals surface area contributed by atoms with Gasteiger partial charge in [0.25, 0.3) is 5.91 Å². The third-order valence-electron chi connectivity index (χ3n) is 12.3. The molecule has 8 nitrogen and oxygen atoms in total. The van der Waals surface area contributed by atoms with Crippen LogP contribution < -0.4 is 9.64 Å². The van der Waals surface area contributed by atoms with Crippen LogP contribution in [0.25, 0.3) is 0 Å². The van der Waals surface area contributed by atoms with Crippen LogP contribution in [0.2, 0.25) is 0 Å². The summed E-state index contributed by atoms with van der Waals surface area (Å²) in [5, 5.41) is 10.2. The SMILES string of the molecule is C=C1CCC(N2Cc3cc(N4CCN(CCCCCOc5ccc([C@H]6c7ccc(O)cc7CC[C@H]6c6ccccc6)cc5)CC4)ccc3C2=O)C(=O)N1C. The maximum atomic E-state index is 13.3. The number of allylic oxidation sites excluding steroid dienone is 1. The van der Waals surface area contributed by atoms with Crippen molar-refractivity contribution in [3.8, 4) is 11.5 Å². The smallest absolute Gasteiger partial charge is 0.255 e. The van der Waals surface area contributed by atoms with Crippen LogP contribution >= 0.6 is 0 Å². The lowest BCUT2D eigenvalue weighted by atomic mass is 9.69. The standard InChI is InChI=1S/C46H52N4O4/c1-32-11-22-43(46(53)47(32)2)50-31-36-29-37(15-20-42(36)45(50)52)49-26-24-48(25-27-49)23-7-4-8-28-54-39-17-12-34(13-18-39)44-40(33-9-5-3-6-10-33)19-14-35-30-38(51)16-21-41(35)44/h3,5-6,9-10,12-13,15-18,20-21,29-30,40,43-44,51H,1,4,7-8,11,14,19,22-28,31H2,2H3/t40-,43?,44+/m0/s1. The number of amides is 2. The molecule has 3 atom stereocenters. The van der Waals surface area contributed by atoms with Crippen LogP contribution in [0.4, 0.5) is 5.69 Å². The molecule has 0 spiro atoms. The Hall–Kier alpha value is -5.08. The van der Waals surface area contributed by atoms with Gasteiger partial charge in [-0.15, -0.1) is 0 Å². The number of carbonyl (C=O) groups excluding carboxylic acids is 2. The highest BCUT2D eigenvalue weighted by molar-refractivity contribution is 6.01. The zero-order valence-electron chi connectivity index (χ0n) is 31.5. The van der Waals surface area contributed by atoms with E-state index in [0.717, 1.165) is 99.5 Å². The molecule has 0 saturated carbocycles. The van der Waals surface area contributed by atoms with E-state index < -0.39 is 6.04 Å². The van der Waals surface area contributed by atoms with Crippen molar-refractivity contribution in [3.05, 3.63) is 137 Å². The summed E-state index contributed by atoms with van der Waals surface area (Å²) in [6.45, 7) is 10.3. The highest BCUT2D eigenvalue weighted by atomic mass is 16.5. The molecule has 0 bridgehead atoms. The predicted molar refractivity (Wildman–Crippen MR) is 213 cm³/mol. The summed E-state index contributed by atoms with van der Waals surface area (Å²) in [4.78, 5) is 34.5. The Morgan fingerprint density at radius 1 is 0.796 bits per heavy atom. The number of phenolic OH excluding ortho intramolecular Hbond substituents is 1. The third-order valence-corrected chi connectivity index (χ3v) is 12.3. The number of rotatable bonds is 11. The zero-order valence-corrected chi connectivity index (χ0v) is 31.5. The van der Waals surface area contributed by atoms with E-state index in [1.54, 1.807) is 16.8 Å². The summed E-state index contributed by atoms with van der Waals surface area (Å²) in [5.41, 5.74) is 8.93. The van der Waals surface area contributed by atoms with E-state index in [9.17, 15) is 14.7 Å². The first-order chi connectivity index (χ1) is 26.3. The molecule has 2 saturated heterocycles. The average Bonchev–Trinajstić information content (AvgIpc) is 3.53. The number of hydrogen-bond acceptors (Lipinski definition) is 6. The molecule has 1 unspecified atom stereocenters. The van der Waals surface area contributed by atoms with E-state index in [1.807, 2.05) is 18.2 Å². The molecule has 0 aromatic heterocycles. The Morgan fingerprint density at radius 3 is 2.39 bits per heavy atom. The largest absolute Gasteiger partial charge is 0.508 e. The van der Waals surface area contributed by atoms with Crippen molar-refractivity contribution in [2.45, 2.75) is 69.4 Å². The van der Waals surface area contributed by atoms with Crippen molar-refractivity contribution in [2.75, 3.05) is 51.3 Å². The van der Waals surface area contributed by atoms with Gasteiger partial charge in [0.05, 0.1) is 6.61 Å². The summed E-state index contributed by atoms with van der Waals surface area (Å²) in [6.07, 6.45) is 6.70. The molecule has 2 amide bonds. The van der Waals surface area contributed by atoms with E-state index in [1.165, 1.54) is 22.3 Å². The molecular weight excluding hydrogens is 673 g/mol. The number of ether oxygens (including phenoxy) is 1. The fourth-order valence-corrected chi connectivity index (χ4v) is 9.12. The van der Waals surface area contributed by atoms with Crippen molar-refractivity contribution in [2.24, 2.45) is 0 Å². The minimum Gasteiger partial charge on any atom is -0.508 e. The molecule has 8 rings (SSSR count). The number of carbonyl (C=O) groups is 2. The number of anilines is 1. The number of nitrogens with zero attached hydrogens (tertiary/aromatic N) is 4. The summed E-state index contributed by atoms with van der Waals surface area (Å²) < 4.78 is 6.19. The van der Waals surface area contributed by atoms with Crippen molar-refractivity contribution in [1.29, 1.82) is 0 Å². The van der Waals surface area contributed by atoms with Crippen LogP contribution in [-0.2, 0) is 17.8 Å². The Labute approximate surface area is 319 Å². The van der Waals surface area contributed by atoms with Gasteiger partial charge >= 0.3 is 0 Å². The van der Waals surface area contributed by atoms with Crippen LogP contribution in [0, 0.1) is 0 Å². The van der Waals surface area contributed by atoms with Gasteiger partial charge in [-0.2, -0.15) is 0 Å². The number of benzene rings is 4. The van der Waals surface area contributed by atoms with Gasteiger partial charge in [0.2, 0.25) is 5.91 Å². The first-order valence-corrected chi connectivity index (χ1v) is 19.8. The molecule has 4 aliphatic rings. The number of fused-ring (bicyclic) bond motifs is 2. The van der Waals surface area contributed by atoms with Crippen LogP contribution in [0.15, 0.2) is 103 Å². The summed E-state index contributed by atoms with van der Waals surface area (Å²) in [5.74, 6) is 1.81. The third kappa shape index (κ3) is 7.36. The first-order valence-electron chi connectivity index (χ1n) is 19.8. The van der Waals surface area contributed by atoms with Crippen molar-refractivity contribution < 1.29 is 19.4 Å². The quantitative estimate of drug-likeness (QED) is 0.160. The second kappa shape index (κ2) is 15.7. The topological polar surface area (TPSA) is 76.6 Å². The van der Waals surface area contributed by atoms with E-state index in [0.29, 0.717) is 31.2 Å². The molecule has 54 heavy (non-hydrogen) atoms. The molecule has 280 valence electrons. The molecule has 4 aromatic rings. The Balaban J connectivity index is 0.774. The summed E-state index contributed by atoms with van der Waals surface area (Å²) in [6, 6.07) is 31.2. The van der Waals surface area contributed by atoms with Gasteiger partial charge in [-0.05, 0) is 128 Å². The fourth-order valence-electron chi connectivity index (χ4n) is 9.12. The van der Waals surface area contributed by atoms with Gasteiger partial charge < -0.3 is 24.5 Å². The van der Waals surface area contributed by atoms with Crippen molar-refractivity contribution in [3.63, 3.8) is 0 Å². The second-order valence-electron chi connectivity index (χ2n) is 15.5. The molecule has 3 heterocycles. The number of unbranched alkanes of at least 4 members (excludes halogenated alkanes) is 2. The van der Waals surface area contributed by atoms with Gasteiger partial charge in [0, 0.05) is 62.6 Å². The normalized spacial score (nSPS) is 21.7. The van der Waals surface area contributed by atoms with E-state index in [2.05, 4.69) is 89.2 Å². The van der Waals surface area contributed by atoms with Crippen molar-refractivity contribution >= 4 is 17.5 Å². The molecule has 3 aliphatic heterocycles. The van der Waals surface area contributed by atoms with E-state index in [-0.39, 0.29) is 17.7 Å². The number of aryl methyl sites for hydroxylation is 1. The predicted octanol–water partition coefficient (Wildman–Crippen LogP) is 7.72. The van der Waals surface area contributed by atoms with E-state index in [4.69, 9.17) is 4.74 Å². The number of piperazine rings is 1. The lowest BCUT2D eigenvalue weighted by Crippen LogP contribution is -2.50. The Kier molecular flexibility index (Phi) is 10.5. The molecule has 1 N–H and O–H groups in total. The first kappa shape index (κ1) is 35.9. The molecule has 8 heteroatoms. The lowest BCUT2D eigenvalue weighted by molar-refractivity contribution is -0.135. The van der Waals surface area contributed by atoms with Gasteiger partial charge in [0.15, 0.2) is 0 Å². The maximum absolute atomic E-state index is 13.3. The minimum atomic E-state index is -0.414. The average molecular weight is 725 g/mol. The van der Waals surface area contributed by atoms with Crippen LogP contribution in [0.3, 0.4) is 0 Å². The van der Waals surface area contributed by atoms with Gasteiger partial charge in [-0.3, -0.25) is 14.5 Å². The molecule has 1 aliphatic carbocycles. The maximum Gasteiger partial charge on any atom is 0.255 e. The Bertz CT molecular complexity index is 1990. The zero-order chi connectivity index (χ0) is 37.2. The van der Waals surface area contributed by atoms with Crippen LogP contribution in [0.5, 0.6) is 11.5 Å². The highest BCUT2D eigenvalue weighted by Gasteiger charge is 2.40. The summed E-state index contributed by atoms with van der Waals surface area (Å²) in [7, 11) is 1.75. The molecule has 4 aromatic carbocycles. The minimum absolute atomic E-state index is 0.0366. The number of likely N-dealkylation sites (tertiary alicyclic amines) is 1. The van der Waals surface area contributed by atoms with Crippen LogP contribution in [-0.4, -0.2) is 84.0 Å². The van der Waals surface area contributed by atoms with Gasteiger partial charge in [-0.1, -0.05) is 55.1 Å². The monoisotopic (exact) mass is 724 g/mol. The fraction of sp³-hybridized carbons (Fsp3) is 0.391. The van der Waals surface area contributed by atoms with Crippen LogP contribution in [0.1, 0.15) is 88.5 Å². The lowest BCUT2D eigenvalue weighted by Gasteiger charge is -2.36. The number of aromatic hydroxyl groups is 1. The molecule has 0 radical (unpaired) electrons. The molecular formula is C46H52N4O4. The number of phenols is 1. The number of piperidine rings is 1. The number of hydrogen-bond donors (Lipinski definition) is 1. The molecule has 2 fully saturated rings. The van der Waals surface area contributed by atoms with E-state index >= 15 is 0 Å². The summed E-state index contributed by atoms with van der Waals surface area (Å²) >= 11 is 0. The Morgan fingerprint density at radius 2 is 1.59 bits per heavy atom.